The first-order chi connectivity index (χ1) is 8.69. The second kappa shape index (κ2) is 5.33. The highest BCUT2D eigenvalue weighted by molar-refractivity contribution is 5.58. The van der Waals surface area contributed by atoms with Crippen LogP contribution in [0.3, 0.4) is 0 Å². The van der Waals surface area contributed by atoms with Gasteiger partial charge in [-0.25, -0.2) is 4.98 Å². The molecule has 0 bridgehead atoms. The van der Waals surface area contributed by atoms with Gasteiger partial charge in [0, 0.05) is 11.9 Å². The predicted molar refractivity (Wildman–Crippen MR) is 72.8 cm³/mol. The Bertz CT molecular complexity index is 582. The van der Waals surface area contributed by atoms with E-state index in [1.807, 2.05) is 12.1 Å². The Labute approximate surface area is 107 Å². The van der Waals surface area contributed by atoms with Crippen LogP contribution in [0.1, 0.15) is 30.9 Å². The van der Waals surface area contributed by atoms with Crippen molar-refractivity contribution in [2.45, 2.75) is 19.8 Å². The highest BCUT2D eigenvalue weighted by Crippen LogP contribution is 2.21. The van der Waals surface area contributed by atoms with Crippen LogP contribution < -0.4 is 5.32 Å². The summed E-state index contributed by atoms with van der Waals surface area (Å²) < 4.78 is 0. The molecule has 0 amide bonds. The van der Waals surface area contributed by atoms with Crippen LogP contribution in [-0.2, 0) is 0 Å². The summed E-state index contributed by atoms with van der Waals surface area (Å²) in [6, 6.07) is 13.8. The molecule has 0 saturated carbocycles. The van der Waals surface area contributed by atoms with Crippen molar-refractivity contribution < 1.29 is 0 Å². The maximum Gasteiger partial charge on any atom is 0.131 e. The number of rotatable bonds is 3. The lowest BCUT2D eigenvalue weighted by Gasteiger charge is -2.09. The van der Waals surface area contributed by atoms with Crippen LogP contribution in [0.25, 0.3) is 0 Å². The lowest BCUT2D eigenvalue weighted by molar-refractivity contribution is 0.867. The highest BCUT2D eigenvalue weighted by atomic mass is 15.0. The van der Waals surface area contributed by atoms with E-state index in [9.17, 15) is 0 Å². The van der Waals surface area contributed by atoms with Crippen LogP contribution >= 0.6 is 0 Å². The first kappa shape index (κ1) is 12.1. The normalized spacial score (nSPS) is 10.1. The number of hydrogen-bond acceptors (Lipinski definition) is 3. The number of aromatic nitrogens is 1. The van der Waals surface area contributed by atoms with Gasteiger partial charge < -0.3 is 5.32 Å². The summed E-state index contributed by atoms with van der Waals surface area (Å²) in [5.41, 5.74) is 2.87. The second-order valence-corrected chi connectivity index (χ2v) is 4.45. The fourth-order valence-electron chi connectivity index (χ4n) is 1.69. The SMILES string of the molecule is CC(C)c1cccc(Nc2cc(C#N)ccn2)c1. The molecular weight excluding hydrogens is 222 g/mol. The van der Waals surface area contributed by atoms with Gasteiger partial charge in [-0.1, -0.05) is 26.0 Å². The third-order valence-corrected chi connectivity index (χ3v) is 2.71. The van der Waals surface area contributed by atoms with E-state index in [2.05, 4.69) is 42.4 Å². The van der Waals surface area contributed by atoms with Gasteiger partial charge in [0.05, 0.1) is 11.6 Å². The van der Waals surface area contributed by atoms with E-state index in [4.69, 9.17) is 5.26 Å². The molecule has 3 heteroatoms. The van der Waals surface area contributed by atoms with Crippen molar-refractivity contribution >= 4 is 11.5 Å². The lowest BCUT2D eigenvalue weighted by Crippen LogP contribution is -1.95. The Balaban J connectivity index is 2.23. The summed E-state index contributed by atoms with van der Waals surface area (Å²) in [6.07, 6.45) is 1.63. The molecule has 0 aliphatic carbocycles. The van der Waals surface area contributed by atoms with Gasteiger partial charge in [0.2, 0.25) is 0 Å². The number of benzene rings is 1. The molecule has 2 rings (SSSR count). The molecule has 0 aliphatic heterocycles. The van der Waals surface area contributed by atoms with Crippen LogP contribution in [0.5, 0.6) is 0 Å². The Kier molecular flexibility index (Phi) is 3.59. The maximum absolute atomic E-state index is 8.84. The zero-order valence-corrected chi connectivity index (χ0v) is 10.5. The lowest BCUT2D eigenvalue weighted by atomic mass is 10.0. The van der Waals surface area contributed by atoms with Gasteiger partial charge in [-0.05, 0) is 35.7 Å². The maximum atomic E-state index is 8.84. The smallest absolute Gasteiger partial charge is 0.131 e. The molecule has 0 fully saturated rings. The van der Waals surface area contributed by atoms with E-state index in [0.717, 1.165) is 5.69 Å². The third kappa shape index (κ3) is 2.86. The van der Waals surface area contributed by atoms with Gasteiger partial charge in [-0.15, -0.1) is 0 Å². The van der Waals surface area contributed by atoms with Crippen LogP contribution in [0.4, 0.5) is 11.5 Å². The second-order valence-electron chi connectivity index (χ2n) is 4.45. The van der Waals surface area contributed by atoms with Crippen LogP contribution in [-0.4, -0.2) is 4.98 Å². The molecule has 0 spiro atoms. The molecule has 0 unspecified atom stereocenters. The Morgan fingerprint density at radius 3 is 2.78 bits per heavy atom. The van der Waals surface area contributed by atoms with Crippen molar-refractivity contribution in [1.29, 1.82) is 5.26 Å². The zero-order chi connectivity index (χ0) is 13.0. The van der Waals surface area contributed by atoms with Gasteiger partial charge in [0.1, 0.15) is 5.82 Å². The quantitative estimate of drug-likeness (QED) is 0.882. The van der Waals surface area contributed by atoms with E-state index in [1.165, 1.54) is 5.56 Å². The van der Waals surface area contributed by atoms with Gasteiger partial charge >= 0.3 is 0 Å². The Hall–Kier alpha value is -2.34. The molecular formula is C15H15N3. The van der Waals surface area contributed by atoms with E-state index in [-0.39, 0.29) is 0 Å². The first-order valence-electron chi connectivity index (χ1n) is 5.92. The van der Waals surface area contributed by atoms with Crippen LogP contribution in [0.2, 0.25) is 0 Å². The average Bonchev–Trinajstić information content (AvgIpc) is 2.39. The molecule has 18 heavy (non-hydrogen) atoms. The van der Waals surface area contributed by atoms with Crippen molar-refractivity contribution in [3.05, 3.63) is 53.7 Å². The molecule has 1 aromatic carbocycles. The molecule has 1 aromatic heterocycles. The monoisotopic (exact) mass is 237 g/mol. The average molecular weight is 237 g/mol. The third-order valence-electron chi connectivity index (χ3n) is 2.71. The molecule has 90 valence electrons. The number of nitrogens with one attached hydrogen (secondary N) is 1. The van der Waals surface area contributed by atoms with Crippen molar-refractivity contribution in [3.8, 4) is 6.07 Å². The van der Waals surface area contributed by atoms with E-state index < -0.39 is 0 Å². The summed E-state index contributed by atoms with van der Waals surface area (Å²) in [7, 11) is 0. The zero-order valence-electron chi connectivity index (χ0n) is 10.5. The van der Waals surface area contributed by atoms with Gasteiger partial charge in [-0.3, -0.25) is 0 Å². The van der Waals surface area contributed by atoms with Crippen molar-refractivity contribution in [3.63, 3.8) is 0 Å². The molecule has 1 heterocycles. The highest BCUT2D eigenvalue weighted by Gasteiger charge is 2.01. The summed E-state index contributed by atoms with van der Waals surface area (Å²) in [5, 5.41) is 12.1. The standard InChI is InChI=1S/C15H15N3/c1-11(2)13-4-3-5-14(9-13)18-15-8-12(10-16)6-7-17-15/h3-9,11H,1-2H3,(H,17,18). The summed E-state index contributed by atoms with van der Waals surface area (Å²) in [5.74, 6) is 1.18. The van der Waals surface area contributed by atoms with Gasteiger partial charge in [0.15, 0.2) is 0 Å². The fraction of sp³-hybridized carbons (Fsp3) is 0.200. The van der Waals surface area contributed by atoms with Crippen LogP contribution in [0.15, 0.2) is 42.6 Å². The molecule has 0 atom stereocenters. The Morgan fingerprint density at radius 1 is 1.22 bits per heavy atom. The van der Waals surface area contributed by atoms with Gasteiger partial charge in [-0.2, -0.15) is 5.26 Å². The summed E-state index contributed by atoms with van der Waals surface area (Å²) in [6.45, 7) is 4.32. The Morgan fingerprint density at radius 2 is 2.06 bits per heavy atom. The molecule has 0 saturated heterocycles. The van der Waals surface area contributed by atoms with Crippen LogP contribution in [0, 0.1) is 11.3 Å². The fourth-order valence-corrected chi connectivity index (χ4v) is 1.69. The predicted octanol–water partition coefficient (Wildman–Crippen LogP) is 3.82. The minimum atomic E-state index is 0.491. The molecule has 2 aromatic rings. The van der Waals surface area contributed by atoms with E-state index >= 15 is 0 Å². The minimum Gasteiger partial charge on any atom is -0.340 e. The summed E-state index contributed by atoms with van der Waals surface area (Å²) in [4.78, 5) is 4.19. The number of nitrogens with zero attached hydrogens (tertiary/aromatic N) is 2. The summed E-state index contributed by atoms with van der Waals surface area (Å²) >= 11 is 0. The molecule has 0 radical (unpaired) electrons. The number of hydrogen-bond donors (Lipinski definition) is 1. The number of anilines is 2. The number of pyridine rings is 1. The van der Waals surface area contributed by atoms with Crippen molar-refractivity contribution in [2.24, 2.45) is 0 Å². The van der Waals surface area contributed by atoms with Gasteiger partial charge in [0.25, 0.3) is 0 Å². The molecule has 3 nitrogen and oxygen atoms in total. The topological polar surface area (TPSA) is 48.7 Å². The minimum absolute atomic E-state index is 0.491. The molecule has 1 N–H and O–H groups in total. The first-order valence-corrected chi connectivity index (χ1v) is 5.92. The van der Waals surface area contributed by atoms with Crippen molar-refractivity contribution in [1.82, 2.24) is 4.98 Å². The van der Waals surface area contributed by atoms with E-state index in [0.29, 0.717) is 17.3 Å². The van der Waals surface area contributed by atoms with E-state index in [1.54, 1.807) is 18.3 Å². The number of nitriles is 1. The van der Waals surface area contributed by atoms with Crippen molar-refractivity contribution in [2.75, 3.05) is 5.32 Å². The molecule has 0 aliphatic rings. The largest absolute Gasteiger partial charge is 0.340 e.